The maximum absolute atomic E-state index is 13.0. The zero-order chi connectivity index (χ0) is 19.5. The van der Waals surface area contributed by atoms with Gasteiger partial charge in [0.1, 0.15) is 11.6 Å². The highest BCUT2D eigenvalue weighted by molar-refractivity contribution is 5.92. The average Bonchev–Trinajstić information content (AvgIpc) is 3.39. The number of amides is 1. The normalized spacial score (nSPS) is 16.4. The van der Waals surface area contributed by atoms with Gasteiger partial charge in [-0.25, -0.2) is 9.07 Å². The summed E-state index contributed by atoms with van der Waals surface area (Å²) >= 11 is 0. The topological polar surface area (TPSA) is 60.2 Å². The van der Waals surface area contributed by atoms with Gasteiger partial charge in [0.25, 0.3) is 5.91 Å². The van der Waals surface area contributed by atoms with E-state index in [-0.39, 0.29) is 17.8 Å². The zero-order valence-corrected chi connectivity index (χ0v) is 15.6. The summed E-state index contributed by atoms with van der Waals surface area (Å²) in [6.45, 7) is 1.12. The molecule has 1 aliphatic rings. The quantitative estimate of drug-likeness (QED) is 0.680. The number of methoxy groups -OCH3 is 1. The van der Waals surface area contributed by atoms with E-state index in [1.165, 1.54) is 12.1 Å². The van der Waals surface area contributed by atoms with Crippen LogP contribution >= 0.6 is 0 Å². The van der Waals surface area contributed by atoms with Gasteiger partial charge >= 0.3 is 0 Å². The van der Waals surface area contributed by atoms with Crippen molar-refractivity contribution < 1.29 is 13.9 Å². The third-order valence-electron chi connectivity index (χ3n) is 5.01. The van der Waals surface area contributed by atoms with E-state index in [0.717, 1.165) is 29.7 Å². The summed E-state index contributed by atoms with van der Waals surface area (Å²) in [7, 11) is 1.64. The maximum Gasteiger partial charge on any atom is 0.276 e. The summed E-state index contributed by atoms with van der Waals surface area (Å²) < 4.78 is 19.9. The van der Waals surface area contributed by atoms with Crippen molar-refractivity contribution in [3.05, 3.63) is 77.4 Å². The third-order valence-corrected chi connectivity index (χ3v) is 5.01. The number of nitrogens with zero attached hydrogens (tertiary/aromatic N) is 4. The van der Waals surface area contributed by atoms with Crippen molar-refractivity contribution >= 4 is 5.91 Å². The molecule has 1 amide bonds. The van der Waals surface area contributed by atoms with E-state index in [9.17, 15) is 9.18 Å². The number of aromatic nitrogens is 3. The number of rotatable bonds is 5. The van der Waals surface area contributed by atoms with Gasteiger partial charge in [0.15, 0.2) is 5.69 Å². The Morgan fingerprint density at radius 3 is 2.86 bits per heavy atom. The summed E-state index contributed by atoms with van der Waals surface area (Å²) in [6, 6.07) is 14.0. The number of hydrogen-bond acceptors (Lipinski definition) is 4. The van der Waals surface area contributed by atoms with Crippen LogP contribution in [0, 0.1) is 5.82 Å². The molecule has 144 valence electrons. The van der Waals surface area contributed by atoms with Crippen molar-refractivity contribution in [1.29, 1.82) is 0 Å². The fraction of sp³-hybridized carbons (Fsp3) is 0.286. The lowest BCUT2D eigenvalue weighted by molar-refractivity contribution is 0.0729. The Morgan fingerprint density at radius 2 is 2.07 bits per heavy atom. The fourth-order valence-corrected chi connectivity index (χ4v) is 3.60. The van der Waals surface area contributed by atoms with Crippen molar-refractivity contribution in [2.45, 2.75) is 25.4 Å². The molecule has 0 bridgehead atoms. The molecule has 2 aromatic carbocycles. The largest absolute Gasteiger partial charge is 0.497 e. The molecule has 1 atom stereocenters. The lowest BCUT2D eigenvalue weighted by atomic mass is 10.0. The second-order valence-corrected chi connectivity index (χ2v) is 6.86. The molecule has 1 aromatic heterocycles. The molecule has 1 aliphatic heterocycles. The molecule has 6 nitrogen and oxygen atoms in total. The molecule has 0 aliphatic carbocycles. The highest BCUT2D eigenvalue weighted by Gasteiger charge is 2.32. The molecule has 0 radical (unpaired) electrons. The minimum absolute atomic E-state index is 0.00449. The van der Waals surface area contributed by atoms with Crippen LogP contribution in [0.2, 0.25) is 0 Å². The number of halogens is 1. The summed E-state index contributed by atoms with van der Waals surface area (Å²) in [4.78, 5) is 14.9. The zero-order valence-electron chi connectivity index (χ0n) is 15.6. The van der Waals surface area contributed by atoms with E-state index >= 15 is 0 Å². The van der Waals surface area contributed by atoms with E-state index in [1.54, 1.807) is 30.1 Å². The molecule has 2 heterocycles. The second-order valence-electron chi connectivity index (χ2n) is 6.86. The summed E-state index contributed by atoms with van der Waals surface area (Å²) in [5, 5.41) is 8.12. The lowest BCUT2D eigenvalue weighted by Gasteiger charge is -2.24. The van der Waals surface area contributed by atoms with E-state index in [0.29, 0.717) is 18.8 Å². The SMILES string of the molecule is COc1cccc([C@H]2CCCN2C(=O)c2cn(Cc3ccc(F)cc3)nn2)c1. The molecule has 28 heavy (non-hydrogen) atoms. The summed E-state index contributed by atoms with van der Waals surface area (Å²) in [6.07, 6.45) is 3.49. The van der Waals surface area contributed by atoms with E-state index < -0.39 is 0 Å². The predicted molar refractivity (Wildman–Crippen MR) is 102 cm³/mol. The maximum atomic E-state index is 13.0. The Kier molecular flexibility index (Phi) is 5.06. The number of benzene rings is 2. The van der Waals surface area contributed by atoms with Crippen LogP contribution < -0.4 is 4.74 Å². The van der Waals surface area contributed by atoms with E-state index in [1.807, 2.05) is 29.2 Å². The van der Waals surface area contributed by atoms with Gasteiger partial charge in [0.2, 0.25) is 0 Å². The lowest BCUT2D eigenvalue weighted by Crippen LogP contribution is -2.30. The Labute approximate surface area is 162 Å². The molecule has 3 aromatic rings. The van der Waals surface area contributed by atoms with Crippen LogP contribution in [0.3, 0.4) is 0 Å². The van der Waals surface area contributed by atoms with Gasteiger partial charge in [-0.15, -0.1) is 5.10 Å². The van der Waals surface area contributed by atoms with Gasteiger partial charge in [-0.2, -0.15) is 0 Å². The smallest absolute Gasteiger partial charge is 0.276 e. The summed E-state index contributed by atoms with van der Waals surface area (Å²) in [5.74, 6) is 0.369. The Morgan fingerprint density at radius 1 is 1.25 bits per heavy atom. The van der Waals surface area contributed by atoms with Crippen molar-refractivity contribution in [2.24, 2.45) is 0 Å². The summed E-state index contributed by atoms with van der Waals surface area (Å²) in [5.41, 5.74) is 2.27. The van der Waals surface area contributed by atoms with Crippen molar-refractivity contribution in [1.82, 2.24) is 19.9 Å². The first kappa shape index (κ1) is 18.2. The first-order valence-corrected chi connectivity index (χ1v) is 9.23. The van der Waals surface area contributed by atoms with Gasteiger partial charge < -0.3 is 9.64 Å². The molecule has 1 saturated heterocycles. The third kappa shape index (κ3) is 3.74. The Balaban J connectivity index is 1.50. The van der Waals surface area contributed by atoms with Crippen molar-refractivity contribution in [3.8, 4) is 5.75 Å². The van der Waals surface area contributed by atoms with E-state index in [4.69, 9.17) is 4.74 Å². The van der Waals surface area contributed by atoms with Crippen LogP contribution in [0.15, 0.2) is 54.7 Å². The van der Waals surface area contributed by atoms with Gasteiger partial charge in [0, 0.05) is 6.54 Å². The van der Waals surface area contributed by atoms with Crippen LogP contribution in [-0.4, -0.2) is 39.5 Å². The molecule has 0 N–H and O–H groups in total. The van der Waals surface area contributed by atoms with Crippen LogP contribution in [0.25, 0.3) is 0 Å². The standard InChI is InChI=1S/C21H21FN4O2/c1-28-18-5-2-4-16(12-18)20-6-3-11-26(20)21(27)19-14-25(24-23-19)13-15-7-9-17(22)10-8-15/h2,4-5,7-10,12,14,20H,3,6,11,13H2,1H3/t20-/m1/s1. The van der Waals surface area contributed by atoms with Crippen LogP contribution in [0.5, 0.6) is 5.75 Å². The number of ether oxygens (including phenoxy) is 1. The van der Waals surface area contributed by atoms with Crippen LogP contribution in [0.4, 0.5) is 4.39 Å². The van der Waals surface area contributed by atoms with Crippen LogP contribution in [-0.2, 0) is 6.54 Å². The van der Waals surface area contributed by atoms with Gasteiger partial charge in [-0.1, -0.05) is 29.5 Å². The minimum atomic E-state index is -0.282. The molecule has 0 unspecified atom stereocenters. The Bertz CT molecular complexity index is 971. The van der Waals surface area contributed by atoms with Crippen molar-refractivity contribution in [2.75, 3.05) is 13.7 Å². The van der Waals surface area contributed by atoms with Crippen LogP contribution in [0.1, 0.15) is 40.5 Å². The molecule has 1 fully saturated rings. The first-order chi connectivity index (χ1) is 13.6. The first-order valence-electron chi connectivity index (χ1n) is 9.23. The minimum Gasteiger partial charge on any atom is -0.497 e. The molecule has 4 rings (SSSR count). The highest BCUT2D eigenvalue weighted by atomic mass is 19.1. The average molecular weight is 380 g/mol. The number of hydrogen-bond donors (Lipinski definition) is 0. The van der Waals surface area contributed by atoms with Gasteiger partial charge in [-0.05, 0) is 48.2 Å². The molecule has 7 heteroatoms. The fourth-order valence-electron chi connectivity index (χ4n) is 3.60. The molecular weight excluding hydrogens is 359 g/mol. The number of carbonyl (C=O) groups excluding carboxylic acids is 1. The monoisotopic (exact) mass is 380 g/mol. The Hall–Kier alpha value is -3.22. The number of carbonyl (C=O) groups is 1. The number of likely N-dealkylation sites (tertiary alicyclic amines) is 1. The predicted octanol–water partition coefficient (Wildman–Crippen LogP) is 3.45. The van der Waals surface area contributed by atoms with E-state index in [2.05, 4.69) is 10.3 Å². The van der Waals surface area contributed by atoms with Gasteiger partial charge in [-0.3, -0.25) is 4.79 Å². The molecule has 0 spiro atoms. The molecular formula is C21H21FN4O2. The second kappa shape index (κ2) is 7.80. The van der Waals surface area contributed by atoms with Crippen molar-refractivity contribution in [3.63, 3.8) is 0 Å². The van der Waals surface area contributed by atoms with Gasteiger partial charge in [0.05, 0.1) is 25.9 Å². The highest BCUT2D eigenvalue weighted by Crippen LogP contribution is 2.34. The molecule has 0 saturated carbocycles.